The van der Waals surface area contributed by atoms with Gasteiger partial charge in [0.15, 0.2) is 0 Å². The Bertz CT molecular complexity index is 1210. The van der Waals surface area contributed by atoms with E-state index < -0.39 is 11.9 Å². The molecule has 2 aromatic carbocycles. The highest BCUT2D eigenvalue weighted by molar-refractivity contribution is 6.31. The quantitative estimate of drug-likeness (QED) is 0.286. The van der Waals surface area contributed by atoms with E-state index in [1.807, 2.05) is 25.1 Å². The van der Waals surface area contributed by atoms with Crippen molar-refractivity contribution in [2.75, 3.05) is 16.3 Å². The molecule has 2 aliphatic heterocycles. The maximum absolute atomic E-state index is 12.9. The van der Waals surface area contributed by atoms with E-state index in [2.05, 4.69) is 0 Å². The van der Waals surface area contributed by atoms with Crippen LogP contribution in [-0.4, -0.2) is 30.2 Å². The number of imide groups is 1. The number of nitrogens with zero attached hydrogens (tertiary/aromatic N) is 2. The van der Waals surface area contributed by atoms with E-state index in [9.17, 15) is 19.2 Å². The number of halogens is 1. The lowest BCUT2D eigenvalue weighted by Crippen LogP contribution is -2.31. The summed E-state index contributed by atoms with van der Waals surface area (Å²) in [6.45, 7) is 2.07. The molecule has 5 rings (SSSR count). The molecule has 0 saturated carbocycles. The van der Waals surface area contributed by atoms with Crippen molar-refractivity contribution >= 4 is 46.7 Å². The van der Waals surface area contributed by atoms with Crippen molar-refractivity contribution in [3.05, 3.63) is 65.2 Å². The first kappa shape index (κ1) is 22.3. The first-order valence-corrected chi connectivity index (χ1v) is 11.6. The summed E-state index contributed by atoms with van der Waals surface area (Å²) in [5.74, 6) is -2.26. The normalized spacial score (nSPS) is 24.1. The number of carbonyl (C=O) groups excluding carboxylic acids is 4. The van der Waals surface area contributed by atoms with E-state index >= 15 is 0 Å². The molecular weight excluding hydrogens is 456 g/mol. The van der Waals surface area contributed by atoms with Gasteiger partial charge in [0.1, 0.15) is 5.75 Å². The van der Waals surface area contributed by atoms with Gasteiger partial charge in [0, 0.05) is 29.7 Å². The zero-order valence-corrected chi connectivity index (χ0v) is 19.3. The molecule has 0 radical (unpaired) electrons. The van der Waals surface area contributed by atoms with Crippen LogP contribution >= 0.6 is 11.6 Å². The molecule has 3 aliphatic rings. The average Bonchev–Trinajstić information content (AvgIpc) is 3.34. The predicted octanol–water partition coefficient (Wildman–Crippen LogP) is 4.06. The van der Waals surface area contributed by atoms with Crippen LogP contribution in [0.4, 0.5) is 11.4 Å². The number of anilines is 2. The van der Waals surface area contributed by atoms with E-state index in [1.54, 1.807) is 30.3 Å². The Morgan fingerprint density at radius 2 is 1.68 bits per heavy atom. The summed E-state index contributed by atoms with van der Waals surface area (Å²) in [6.07, 6.45) is 5.01. The van der Waals surface area contributed by atoms with Gasteiger partial charge >= 0.3 is 5.97 Å². The first-order valence-electron chi connectivity index (χ1n) is 11.2. The van der Waals surface area contributed by atoms with Crippen LogP contribution in [0.3, 0.4) is 0 Å². The first-order chi connectivity index (χ1) is 16.3. The second-order valence-electron chi connectivity index (χ2n) is 8.93. The van der Waals surface area contributed by atoms with Crippen molar-refractivity contribution in [1.82, 2.24) is 0 Å². The zero-order valence-electron chi connectivity index (χ0n) is 18.6. The second kappa shape index (κ2) is 8.72. The summed E-state index contributed by atoms with van der Waals surface area (Å²) < 4.78 is 5.56. The van der Waals surface area contributed by atoms with Crippen molar-refractivity contribution in [2.45, 2.75) is 26.2 Å². The third-order valence-electron chi connectivity index (χ3n) is 6.73. The number of ether oxygens (including phenoxy) is 1. The van der Waals surface area contributed by atoms with Crippen LogP contribution in [0.25, 0.3) is 0 Å². The number of hydrogen-bond acceptors (Lipinski definition) is 5. The Kier molecular flexibility index (Phi) is 5.73. The molecule has 0 aromatic heterocycles. The Labute approximate surface area is 201 Å². The van der Waals surface area contributed by atoms with Gasteiger partial charge in [-0.15, -0.1) is 0 Å². The van der Waals surface area contributed by atoms with E-state index in [1.165, 1.54) is 15.9 Å². The molecule has 2 aromatic rings. The van der Waals surface area contributed by atoms with Gasteiger partial charge in [-0.25, -0.2) is 4.90 Å². The third-order valence-corrected chi connectivity index (χ3v) is 7.13. The van der Waals surface area contributed by atoms with E-state index in [4.69, 9.17) is 16.3 Å². The van der Waals surface area contributed by atoms with Crippen molar-refractivity contribution in [3.63, 3.8) is 0 Å². The van der Waals surface area contributed by atoms with Gasteiger partial charge in [0.05, 0.1) is 23.4 Å². The molecule has 174 valence electrons. The lowest BCUT2D eigenvalue weighted by atomic mass is 9.85. The number of fused-ring (bicyclic) bond motifs is 1. The lowest BCUT2D eigenvalue weighted by Gasteiger charge is -2.18. The van der Waals surface area contributed by atoms with Crippen LogP contribution in [0.2, 0.25) is 5.02 Å². The number of benzene rings is 2. The molecule has 0 unspecified atom stereocenters. The van der Waals surface area contributed by atoms with Crippen molar-refractivity contribution < 1.29 is 23.9 Å². The van der Waals surface area contributed by atoms with Crippen LogP contribution in [-0.2, 0) is 19.2 Å². The molecule has 0 spiro atoms. The average molecular weight is 479 g/mol. The van der Waals surface area contributed by atoms with Crippen LogP contribution in [0.5, 0.6) is 5.75 Å². The summed E-state index contributed by atoms with van der Waals surface area (Å²) in [4.78, 5) is 53.8. The maximum atomic E-state index is 12.9. The second-order valence-corrected chi connectivity index (χ2v) is 9.33. The van der Waals surface area contributed by atoms with Crippen molar-refractivity contribution in [3.8, 4) is 5.75 Å². The van der Waals surface area contributed by atoms with Gasteiger partial charge < -0.3 is 9.64 Å². The van der Waals surface area contributed by atoms with Gasteiger partial charge in [0.2, 0.25) is 17.7 Å². The van der Waals surface area contributed by atoms with Gasteiger partial charge in [-0.1, -0.05) is 35.9 Å². The minimum absolute atomic E-state index is 0.0312. The van der Waals surface area contributed by atoms with Crippen LogP contribution < -0.4 is 14.5 Å². The van der Waals surface area contributed by atoms with Crippen LogP contribution in [0.15, 0.2) is 54.6 Å². The third kappa shape index (κ3) is 3.90. The number of aryl methyl sites for hydroxylation is 1. The smallest absolute Gasteiger partial charge is 0.316 e. The van der Waals surface area contributed by atoms with E-state index in [0.717, 1.165) is 5.56 Å². The zero-order chi connectivity index (χ0) is 24.0. The molecule has 2 fully saturated rings. The van der Waals surface area contributed by atoms with Crippen LogP contribution in [0, 0.1) is 24.7 Å². The molecule has 0 bridgehead atoms. The lowest BCUT2D eigenvalue weighted by molar-refractivity contribution is -0.139. The van der Waals surface area contributed by atoms with E-state index in [-0.39, 0.29) is 48.3 Å². The molecule has 1 aliphatic carbocycles. The number of carbonyl (C=O) groups is 4. The Morgan fingerprint density at radius 1 is 0.971 bits per heavy atom. The highest BCUT2D eigenvalue weighted by Gasteiger charge is 2.48. The summed E-state index contributed by atoms with van der Waals surface area (Å²) in [5, 5.41) is 0.551. The van der Waals surface area contributed by atoms with Gasteiger partial charge in [-0.05, 0) is 49.6 Å². The van der Waals surface area contributed by atoms with E-state index in [0.29, 0.717) is 29.2 Å². The molecule has 8 heteroatoms. The largest absolute Gasteiger partial charge is 0.426 e. The van der Waals surface area contributed by atoms with Gasteiger partial charge in [0.25, 0.3) is 0 Å². The number of hydrogen-bond donors (Lipinski definition) is 0. The molecule has 7 nitrogen and oxygen atoms in total. The van der Waals surface area contributed by atoms with Crippen molar-refractivity contribution in [1.29, 1.82) is 0 Å². The van der Waals surface area contributed by atoms with Gasteiger partial charge in [-0.2, -0.15) is 0 Å². The fourth-order valence-corrected chi connectivity index (χ4v) is 4.98. The molecule has 0 N–H and O–H groups in total. The Morgan fingerprint density at radius 3 is 2.35 bits per heavy atom. The highest BCUT2D eigenvalue weighted by atomic mass is 35.5. The SMILES string of the molecule is Cc1ccc(N2C[C@@H](C(=O)Oc3cccc(N4C(=O)[C@H]5CC=CC[C@H]5C4=O)c3)CC2=O)cc1Cl. The fourth-order valence-electron chi connectivity index (χ4n) is 4.81. The highest BCUT2D eigenvalue weighted by Crippen LogP contribution is 2.38. The Balaban J connectivity index is 1.29. The Hall–Kier alpha value is -3.45. The molecule has 2 heterocycles. The standard InChI is InChI=1S/C26H23ClN2O5/c1-15-9-10-17(13-22(15)27)28-14-16(11-23(28)30)26(33)34-19-6-4-5-18(12-19)29-24(31)20-7-2-3-8-21(20)25(29)32/h2-6,9-10,12-13,16,20-21H,7-8,11,14H2,1H3/t16-,20-,21+/m0/s1. The number of allylic oxidation sites excluding steroid dienone is 2. The maximum Gasteiger partial charge on any atom is 0.316 e. The minimum Gasteiger partial charge on any atom is -0.426 e. The summed E-state index contributed by atoms with van der Waals surface area (Å²) in [5.41, 5.74) is 1.92. The number of esters is 1. The monoisotopic (exact) mass is 478 g/mol. The van der Waals surface area contributed by atoms with Gasteiger partial charge in [-0.3, -0.25) is 19.2 Å². The van der Waals surface area contributed by atoms with Crippen molar-refractivity contribution in [2.24, 2.45) is 17.8 Å². The summed E-state index contributed by atoms with van der Waals surface area (Å²) in [6, 6.07) is 11.7. The molecule has 3 amide bonds. The summed E-state index contributed by atoms with van der Waals surface area (Å²) >= 11 is 6.19. The molecule has 2 saturated heterocycles. The topological polar surface area (TPSA) is 84.0 Å². The summed E-state index contributed by atoms with van der Waals surface area (Å²) in [7, 11) is 0. The molecule has 34 heavy (non-hydrogen) atoms. The number of rotatable bonds is 4. The molecule has 3 atom stereocenters. The fraction of sp³-hybridized carbons (Fsp3) is 0.308. The number of amides is 3. The minimum atomic E-state index is -0.639. The van der Waals surface area contributed by atoms with Crippen LogP contribution in [0.1, 0.15) is 24.8 Å². The molecular formula is C26H23ClN2O5. The predicted molar refractivity (Wildman–Crippen MR) is 127 cm³/mol.